The van der Waals surface area contributed by atoms with E-state index in [4.69, 9.17) is 11.5 Å². The van der Waals surface area contributed by atoms with Crippen molar-refractivity contribution in [1.82, 2.24) is 0 Å². The monoisotopic (exact) mass is 170 g/mol. The number of rotatable bonds is 4. The Morgan fingerprint density at radius 1 is 1.17 bits per heavy atom. The standard InChI is InChI=1S/C10H22N2/c1-2-3-4-5-8-6-7-9(11)10(8)12/h8-10H,2-7,11-12H2,1H3. The molecule has 3 unspecified atom stereocenters. The van der Waals surface area contributed by atoms with Crippen molar-refractivity contribution in [2.24, 2.45) is 17.4 Å². The van der Waals surface area contributed by atoms with Gasteiger partial charge in [-0.15, -0.1) is 0 Å². The first-order valence-corrected chi connectivity index (χ1v) is 5.27. The van der Waals surface area contributed by atoms with Gasteiger partial charge in [0.1, 0.15) is 0 Å². The van der Waals surface area contributed by atoms with Gasteiger partial charge < -0.3 is 11.5 Å². The van der Waals surface area contributed by atoms with Crippen molar-refractivity contribution in [1.29, 1.82) is 0 Å². The van der Waals surface area contributed by atoms with Crippen molar-refractivity contribution in [3.63, 3.8) is 0 Å². The van der Waals surface area contributed by atoms with Gasteiger partial charge in [-0.2, -0.15) is 0 Å². The van der Waals surface area contributed by atoms with Crippen LogP contribution < -0.4 is 11.5 Å². The molecular formula is C10H22N2. The van der Waals surface area contributed by atoms with Gasteiger partial charge in [0.15, 0.2) is 0 Å². The minimum absolute atomic E-state index is 0.275. The predicted octanol–water partition coefficient (Wildman–Crippen LogP) is 1.63. The molecule has 0 radical (unpaired) electrons. The maximum atomic E-state index is 5.98. The predicted molar refractivity (Wildman–Crippen MR) is 52.8 cm³/mol. The van der Waals surface area contributed by atoms with Crippen LogP contribution in [0.2, 0.25) is 0 Å². The first-order chi connectivity index (χ1) is 5.75. The molecule has 0 bridgehead atoms. The van der Waals surface area contributed by atoms with Gasteiger partial charge in [-0.25, -0.2) is 0 Å². The van der Waals surface area contributed by atoms with Crippen molar-refractivity contribution >= 4 is 0 Å². The molecular weight excluding hydrogens is 148 g/mol. The van der Waals surface area contributed by atoms with Crippen LogP contribution in [-0.2, 0) is 0 Å². The molecule has 1 fully saturated rings. The fourth-order valence-electron chi connectivity index (χ4n) is 2.13. The third kappa shape index (κ3) is 2.46. The molecule has 72 valence electrons. The second-order valence-corrected chi connectivity index (χ2v) is 4.07. The van der Waals surface area contributed by atoms with Gasteiger partial charge in [0, 0.05) is 12.1 Å². The Morgan fingerprint density at radius 2 is 1.92 bits per heavy atom. The summed E-state index contributed by atoms with van der Waals surface area (Å²) in [6.07, 6.45) is 7.67. The highest BCUT2D eigenvalue weighted by Gasteiger charge is 2.29. The molecule has 0 amide bonds. The summed E-state index contributed by atoms with van der Waals surface area (Å²) in [4.78, 5) is 0. The molecule has 0 aromatic carbocycles. The molecule has 0 aromatic rings. The van der Waals surface area contributed by atoms with Crippen LogP contribution in [0.3, 0.4) is 0 Å². The lowest BCUT2D eigenvalue weighted by molar-refractivity contribution is 0.412. The lowest BCUT2D eigenvalue weighted by atomic mass is 9.96. The van der Waals surface area contributed by atoms with Gasteiger partial charge in [-0.05, 0) is 25.2 Å². The minimum Gasteiger partial charge on any atom is -0.326 e. The number of unbranched alkanes of at least 4 members (excludes halogenated alkanes) is 2. The van der Waals surface area contributed by atoms with E-state index < -0.39 is 0 Å². The van der Waals surface area contributed by atoms with Gasteiger partial charge in [0.2, 0.25) is 0 Å². The lowest BCUT2D eigenvalue weighted by Gasteiger charge is -2.17. The van der Waals surface area contributed by atoms with Crippen LogP contribution in [0.5, 0.6) is 0 Å². The van der Waals surface area contributed by atoms with Gasteiger partial charge in [-0.1, -0.05) is 26.2 Å². The molecule has 4 N–H and O–H groups in total. The molecule has 3 atom stereocenters. The maximum Gasteiger partial charge on any atom is 0.0221 e. The molecule has 0 aliphatic heterocycles. The summed E-state index contributed by atoms with van der Waals surface area (Å²) in [6.45, 7) is 2.24. The smallest absolute Gasteiger partial charge is 0.0221 e. The van der Waals surface area contributed by atoms with Crippen LogP contribution in [-0.4, -0.2) is 12.1 Å². The van der Waals surface area contributed by atoms with Crippen molar-refractivity contribution in [3.8, 4) is 0 Å². The average molecular weight is 170 g/mol. The van der Waals surface area contributed by atoms with E-state index >= 15 is 0 Å². The van der Waals surface area contributed by atoms with Crippen LogP contribution in [0.25, 0.3) is 0 Å². The molecule has 1 rings (SSSR count). The zero-order chi connectivity index (χ0) is 8.97. The fraction of sp³-hybridized carbons (Fsp3) is 1.00. The Kier molecular flexibility index (Phi) is 4.02. The SMILES string of the molecule is CCCCCC1CCC(N)C1N. The number of hydrogen-bond acceptors (Lipinski definition) is 2. The van der Waals surface area contributed by atoms with E-state index in [1.54, 1.807) is 0 Å². The molecule has 12 heavy (non-hydrogen) atoms. The number of hydrogen-bond donors (Lipinski definition) is 2. The average Bonchev–Trinajstić information content (AvgIpc) is 2.36. The Bertz CT molecular complexity index is 125. The molecule has 2 heteroatoms. The van der Waals surface area contributed by atoms with Gasteiger partial charge in [0.05, 0.1) is 0 Å². The molecule has 1 saturated carbocycles. The van der Waals surface area contributed by atoms with Crippen molar-refractivity contribution in [3.05, 3.63) is 0 Å². The number of nitrogens with two attached hydrogens (primary N) is 2. The molecule has 1 aliphatic carbocycles. The largest absolute Gasteiger partial charge is 0.326 e. The quantitative estimate of drug-likeness (QED) is 0.630. The van der Waals surface area contributed by atoms with E-state index in [-0.39, 0.29) is 12.1 Å². The Hall–Kier alpha value is -0.0800. The highest BCUT2D eigenvalue weighted by atomic mass is 14.8. The van der Waals surface area contributed by atoms with Gasteiger partial charge in [0.25, 0.3) is 0 Å². The highest BCUT2D eigenvalue weighted by Crippen LogP contribution is 2.27. The summed E-state index contributed by atoms with van der Waals surface area (Å²) in [7, 11) is 0. The van der Waals surface area contributed by atoms with E-state index in [0.717, 1.165) is 6.42 Å². The Morgan fingerprint density at radius 3 is 2.42 bits per heavy atom. The third-order valence-electron chi connectivity index (χ3n) is 3.09. The molecule has 0 heterocycles. The van der Waals surface area contributed by atoms with Crippen LogP contribution in [0.4, 0.5) is 0 Å². The minimum atomic E-state index is 0.275. The van der Waals surface area contributed by atoms with Crippen LogP contribution in [0.15, 0.2) is 0 Å². The fourth-order valence-corrected chi connectivity index (χ4v) is 2.13. The first kappa shape index (κ1) is 10.0. The maximum absolute atomic E-state index is 5.98. The molecule has 0 aromatic heterocycles. The van der Waals surface area contributed by atoms with Crippen molar-refractivity contribution in [2.45, 2.75) is 57.5 Å². The second kappa shape index (κ2) is 4.83. The van der Waals surface area contributed by atoms with E-state index in [9.17, 15) is 0 Å². The van der Waals surface area contributed by atoms with Gasteiger partial charge in [-0.3, -0.25) is 0 Å². The summed E-state index contributed by atoms with van der Waals surface area (Å²) in [5.41, 5.74) is 11.8. The van der Waals surface area contributed by atoms with Crippen LogP contribution in [0, 0.1) is 5.92 Å². The van der Waals surface area contributed by atoms with Crippen LogP contribution in [0.1, 0.15) is 45.4 Å². The molecule has 0 saturated heterocycles. The zero-order valence-electron chi connectivity index (χ0n) is 8.13. The topological polar surface area (TPSA) is 52.0 Å². The Balaban J connectivity index is 2.16. The third-order valence-corrected chi connectivity index (χ3v) is 3.09. The van der Waals surface area contributed by atoms with E-state index in [2.05, 4.69) is 6.92 Å². The lowest BCUT2D eigenvalue weighted by Crippen LogP contribution is -2.40. The van der Waals surface area contributed by atoms with Crippen LogP contribution >= 0.6 is 0 Å². The molecule has 2 nitrogen and oxygen atoms in total. The van der Waals surface area contributed by atoms with Crippen molar-refractivity contribution < 1.29 is 0 Å². The van der Waals surface area contributed by atoms with E-state index in [0.29, 0.717) is 5.92 Å². The molecule has 0 spiro atoms. The normalized spacial score (nSPS) is 35.8. The highest BCUT2D eigenvalue weighted by molar-refractivity contribution is 4.90. The van der Waals surface area contributed by atoms with E-state index in [1.165, 1.54) is 32.1 Å². The van der Waals surface area contributed by atoms with Crippen molar-refractivity contribution in [2.75, 3.05) is 0 Å². The first-order valence-electron chi connectivity index (χ1n) is 5.27. The summed E-state index contributed by atoms with van der Waals surface area (Å²) in [6, 6.07) is 0.554. The summed E-state index contributed by atoms with van der Waals surface area (Å²) >= 11 is 0. The summed E-state index contributed by atoms with van der Waals surface area (Å²) < 4.78 is 0. The zero-order valence-corrected chi connectivity index (χ0v) is 8.13. The van der Waals surface area contributed by atoms with E-state index in [1.807, 2.05) is 0 Å². The summed E-state index contributed by atoms with van der Waals surface area (Å²) in [5.74, 6) is 0.714. The van der Waals surface area contributed by atoms with Gasteiger partial charge >= 0.3 is 0 Å². The second-order valence-electron chi connectivity index (χ2n) is 4.07. The Labute approximate surface area is 75.7 Å². The molecule has 1 aliphatic rings. The summed E-state index contributed by atoms with van der Waals surface area (Å²) in [5, 5.41) is 0.